The second kappa shape index (κ2) is 13.5. The Bertz CT molecular complexity index is 948. The fourth-order valence-corrected chi connectivity index (χ4v) is 3.29. The lowest BCUT2D eigenvalue weighted by atomic mass is 10.1. The molecule has 8 heteroatoms. The van der Waals surface area contributed by atoms with Crippen LogP contribution < -0.4 is 14.2 Å². The zero-order chi connectivity index (χ0) is 25.0. The number of benzene rings is 2. The van der Waals surface area contributed by atoms with Crippen molar-refractivity contribution in [2.75, 3.05) is 26.9 Å². The van der Waals surface area contributed by atoms with Gasteiger partial charge in [0.25, 0.3) is 0 Å². The van der Waals surface area contributed by atoms with Gasteiger partial charge in [0, 0.05) is 0 Å². The summed E-state index contributed by atoms with van der Waals surface area (Å²) in [7, 11) is 1.32. The lowest BCUT2D eigenvalue weighted by Gasteiger charge is -2.15. The molecule has 2 aromatic carbocycles. The van der Waals surface area contributed by atoms with Crippen molar-refractivity contribution in [3.05, 3.63) is 64.7 Å². The van der Waals surface area contributed by atoms with E-state index in [4.69, 9.17) is 14.2 Å². The molecule has 0 heterocycles. The normalized spacial score (nSPS) is 11.9. The van der Waals surface area contributed by atoms with Crippen LogP contribution in [0.15, 0.2) is 47.6 Å². The summed E-state index contributed by atoms with van der Waals surface area (Å²) in [6.45, 7) is 7.12. The average Bonchev–Trinajstić information content (AvgIpc) is 2.78. The van der Waals surface area contributed by atoms with Gasteiger partial charge in [0.15, 0.2) is 0 Å². The van der Waals surface area contributed by atoms with Crippen molar-refractivity contribution in [1.82, 2.24) is 0 Å². The standard InChI is InChI=1S/C26H32F3NO4/c1-5-6-12-32-22-15-19(2)25(20(3)16-22)34-14-9-7-8-13-33-24-11-10-21(18-30-31-4)17-23(24)26(27,28)29/h5-6,10-11,15-18H,7-9,12-14H2,1-4H3/b6-5+,30-18?. The highest BCUT2D eigenvalue weighted by atomic mass is 19.4. The van der Waals surface area contributed by atoms with Crippen molar-refractivity contribution in [3.8, 4) is 17.2 Å². The summed E-state index contributed by atoms with van der Waals surface area (Å²) in [5.74, 6) is 1.44. The van der Waals surface area contributed by atoms with E-state index in [-0.39, 0.29) is 17.9 Å². The van der Waals surface area contributed by atoms with Gasteiger partial charge in [-0.25, -0.2) is 0 Å². The first-order chi connectivity index (χ1) is 16.3. The molecule has 0 spiro atoms. The minimum atomic E-state index is -4.52. The summed E-state index contributed by atoms with van der Waals surface area (Å²) in [4.78, 5) is 4.52. The molecule has 0 aliphatic heterocycles. The topological polar surface area (TPSA) is 49.3 Å². The van der Waals surface area contributed by atoms with Crippen molar-refractivity contribution >= 4 is 6.21 Å². The molecule has 0 fully saturated rings. The van der Waals surface area contributed by atoms with E-state index in [1.165, 1.54) is 25.5 Å². The number of halogens is 3. The van der Waals surface area contributed by atoms with E-state index >= 15 is 0 Å². The first kappa shape index (κ1) is 27.1. The molecule has 0 saturated carbocycles. The Balaban J connectivity index is 1.79. The minimum absolute atomic E-state index is 0.185. The quantitative estimate of drug-likeness (QED) is 0.136. The lowest BCUT2D eigenvalue weighted by Crippen LogP contribution is -2.10. The van der Waals surface area contributed by atoms with E-state index in [0.29, 0.717) is 19.6 Å². The van der Waals surface area contributed by atoms with Crippen LogP contribution in [0.2, 0.25) is 0 Å². The summed E-state index contributed by atoms with van der Waals surface area (Å²) in [6, 6.07) is 7.70. The van der Waals surface area contributed by atoms with E-state index in [1.807, 2.05) is 45.1 Å². The van der Waals surface area contributed by atoms with Crippen LogP contribution >= 0.6 is 0 Å². The third-order valence-electron chi connectivity index (χ3n) is 4.92. The lowest BCUT2D eigenvalue weighted by molar-refractivity contribution is -0.139. The summed E-state index contributed by atoms with van der Waals surface area (Å²) >= 11 is 0. The molecule has 0 saturated heterocycles. The van der Waals surface area contributed by atoms with Crippen LogP contribution in [0.3, 0.4) is 0 Å². The third-order valence-corrected chi connectivity index (χ3v) is 4.92. The number of ether oxygens (including phenoxy) is 3. The Morgan fingerprint density at radius 2 is 1.59 bits per heavy atom. The molecule has 186 valence electrons. The molecule has 2 rings (SSSR count). The fraction of sp³-hybridized carbons (Fsp3) is 0.423. The van der Waals surface area contributed by atoms with Gasteiger partial charge in [-0.1, -0.05) is 17.3 Å². The van der Waals surface area contributed by atoms with Gasteiger partial charge in [0.2, 0.25) is 0 Å². The Hall–Kier alpha value is -3.16. The molecule has 0 aliphatic rings. The van der Waals surface area contributed by atoms with Gasteiger partial charge in [-0.15, -0.1) is 0 Å². The Kier molecular flexibility index (Phi) is 10.8. The number of hydrogen-bond donors (Lipinski definition) is 0. The molecule has 0 bridgehead atoms. The van der Waals surface area contributed by atoms with Crippen molar-refractivity contribution in [3.63, 3.8) is 0 Å². The molecule has 0 amide bonds. The predicted molar refractivity (Wildman–Crippen MR) is 127 cm³/mol. The third kappa shape index (κ3) is 8.65. The second-order valence-electron chi connectivity index (χ2n) is 7.69. The first-order valence-electron chi connectivity index (χ1n) is 11.1. The Morgan fingerprint density at radius 1 is 0.912 bits per heavy atom. The first-order valence-corrected chi connectivity index (χ1v) is 11.1. The molecular weight excluding hydrogens is 447 g/mol. The molecule has 0 aromatic heterocycles. The predicted octanol–water partition coefficient (Wildman–Crippen LogP) is 6.89. The average molecular weight is 480 g/mol. The van der Waals surface area contributed by atoms with E-state index in [0.717, 1.165) is 41.5 Å². The Labute approximate surface area is 199 Å². The number of rotatable bonds is 13. The molecule has 0 unspecified atom stereocenters. The molecular formula is C26H32F3NO4. The largest absolute Gasteiger partial charge is 0.493 e. The fourth-order valence-electron chi connectivity index (χ4n) is 3.29. The molecule has 2 aromatic rings. The summed E-state index contributed by atoms with van der Waals surface area (Å²) < 4.78 is 57.2. The van der Waals surface area contributed by atoms with Gasteiger partial charge >= 0.3 is 6.18 Å². The maximum Gasteiger partial charge on any atom is 0.419 e. The van der Waals surface area contributed by atoms with Crippen molar-refractivity contribution in [1.29, 1.82) is 0 Å². The zero-order valence-corrected chi connectivity index (χ0v) is 20.1. The molecule has 5 nitrogen and oxygen atoms in total. The van der Waals surface area contributed by atoms with Gasteiger partial charge in [0.1, 0.15) is 31.0 Å². The van der Waals surface area contributed by atoms with Crippen molar-refractivity contribution in [2.45, 2.75) is 46.2 Å². The number of nitrogens with zero attached hydrogens (tertiary/aromatic N) is 1. The van der Waals surface area contributed by atoms with Crippen LogP contribution in [0.1, 0.15) is 48.4 Å². The number of hydrogen-bond acceptors (Lipinski definition) is 5. The summed E-state index contributed by atoms with van der Waals surface area (Å²) in [5, 5.41) is 3.50. The van der Waals surface area contributed by atoms with E-state index in [2.05, 4.69) is 9.99 Å². The van der Waals surface area contributed by atoms with Gasteiger partial charge in [-0.2, -0.15) is 13.2 Å². The van der Waals surface area contributed by atoms with Crippen LogP contribution in [-0.2, 0) is 11.0 Å². The number of allylic oxidation sites excluding steroid dienone is 1. The zero-order valence-electron chi connectivity index (χ0n) is 20.1. The highest BCUT2D eigenvalue weighted by Crippen LogP contribution is 2.37. The van der Waals surface area contributed by atoms with Crippen LogP contribution in [0.5, 0.6) is 17.2 Å². The monoisotopic (exact) mass is 479 g/mol. The number of unbranched alkanes of at least 4 members (excludes halogenated alkanes) is 2. The second-order valence-corrected chi connectivity index (χ2v) is 7.69. The van der Waals surface area contributed by atoms with Crippen molar-refractivity contribution in [2.24, 2.45) is 5.16 Å². The Morgan fingerprint density at radius 3 is 2.21 bits per heavy atom. The SMILES string of the molecule is C/C=C/COc1cc(C)c(OCCCCCOc2ccc(C=NOC)cc2C(F)(F)F)c(C)c1. The maximum atomic E-state index is 13.4. The smallest absolute Gasteiger partial charge is 0.419 e. The van der Waals surface area contributed by atoms with E-state index in [9.17, 15) is 13.2 Å². The molecule has 0 N–H and O–H groups in total. The van der Waals surface area contributed by atoms with Gasteiger partial charge in [0.05, 0.1) is 25.0 Å². The summed E-state index contributed by atoms with van der Waals surface area (Å²) in [5.41, 5.74) is 1.44. The molecule has 0 radical (unpaired) electrons. The van der Waals surface area contributed by atoms with Gasteiger partial charge in [-0.3, -0.25) is 0 Å². The number of oxime groups is 1. The van der Waals surface area contributed by atoms with Gasteiger partial charge in [-0.05, 0) is 87.1 Å². The highest BCUT2D eigenvalue weighted by Gasteiger charge is 2.34. The van der Waals surface area contributed by atoms with Crippen LogP contribution in [0.25, 0.3) is 0 Å². The van der Waals surface area contributed by atoms with E-state index in [1.54, 1.807) is 0 Å². The van der Waals surface area contributed by atoms with Crippen molar-refractivity contribution < 1.29 is 32.2 Å². The number of alkyl halides is 3. The van der Waals surface area contributed by atoms with Crippen LogP contribution in [0, 0.1) is 13.8 Å². The van der Waals surface area contributed by atoms with Gasteiger partial charge < -0.3 is 19.0 Å². The summed E-state index contributed by atoms with van der Waals surface area (Å²) in [6.07, 6.45) is 2.71. The van der Waals surface area contributed by atoms with E-state index < -0.39 is 11.7 Å². The van der Waals surface area contributed by atoms with Crippen LogP contribution in [0.4, 0.5) is 13.2 Å². The number of aryl methyl sites for hydroxylation is 2. The highest BCUT2D eigenvalue weighted by molar-refractivity contribution is 5.80. The minimum Gasteiger partial charge on any atom is -0.493 e. The maximum absolute atomic E-state index is 13.4. The molecule has 0 aliphatic carbocycles. The molecule has 34 heavy (non-hydrogen) atoms. The molecule has 0 atom stereocenters. The van der Waals surface area contributed by atoms with Crippen LogP contribution in [-0.4, -0.2) is 33.1 Å².